The molecule has 0 bridgehead atoms. The zero-order valence-corrected chi connectivity index (χ0v) is 11.6. The van der Waals surface area contributed by atoms with Crippen molar-refractivity contribution in [3.05, 3.63) is 42.1 Å². The van der Waals surface area contributed by atoms with Crippen LogP contribution in [-0.4, -0.2) is 36.2 Å². The van der Waals surface area contributed by atoms with Gasteiger partial charge in [0, 0.05) is 43.8 Å². The summed E-state index contributed by atoms with van der Waals surface area (Å²) in [4.78, 5) is 2.46. The van der Waals surface area contributed by atoms with Crippen molar-refractivity contribution in [2.24, 2.45) is 7.05 Å². The van der Waals surface area contributed by atoms with Crippen LogP contribution in [0.25, 0.3) is 10.9 Å². The van der Waals surface area contributed by atoms with Crippen LogP contribution in [0.5, 0.6) is 5.75 Å². The highest BCUT2D eigenvalue weighted by atomic mass is 16.5. The molecule has 0 atom stereocenters. The van der Waals surface area contributed by atoms with E-state index in [9.17, 15) is 0 Å². The van der Waals surface area contributed by atoms with E-state index in [1.165, 1.54) is 16.5 Å². The zero-order valence-electron chi connectivity index (χ0n) is 11.6. The minimum atomic E-state index is 0.933. The number of hydrogen-bond donors (Lipinski definition) is 0. The molecule has 0 unspecified atom stereocenters. The fraction of sp³-hybridized carbons (Fsp3) is 0.375. The fourth-order valence-electron chi connectivity index (χ4n) is 2.76. The second-order valence-corrected chi connectivity index (χ2v) is 5.13. The first kappa shape index (κ1) is 12.3. The first-order valence-corrected chi connectivity index (χ1v) is 6.77. The molecule has 1 aromatic carbocycles. The molecule has 0 amide bonds. The lowest BCUT2D eigenvalue weighted by atomic mass is 10.1. The largest absolute Gasteiger partial charge is 0.497 e. The van der Waals surface area contributed by atoms with Crippen molar-refractivity contribution < 1.29 is 4.74 Å². The summed E-state index contributed by atoms with van der Waals surface area (Å²) in [5.74, 6) is 0.933. The minimum absolute atomic E-state index is 0.933. The highest BCUT2D eigenvalue weighted by Crippen LogP contribution is 2.26. The lowest BCUT2D eigenvalue weighted by Gasteiger charge is -2.13. The Morgan fingerprint density at radius 1 is 1.21 bits per heavy atom. The molecule has 1 aliphatic heterocycles. The lowest BCUT2D eigenvalue weighted by molar-refractivity contribution is 0.357. The van der Waals surface area contributed by atoms with E-state index in [1.54, 1.807) is 7.11 Å². The lowest BCUT2D eigenvalue weighted by Crippen LogP contribution is -2.22. The summed E-state index contributed by atoms with van der Waals surface area (Å²) in [6.07, 6.45) is 7.82. The van der Waals surface area contributed by atoms with Crippen LogP contribution < -0.4 is 4.74 Å². The Morgan fingerprint density at radius 2 is 2.00 bits per heavy atom. The van der Waals surface area contributed by atoms with E-state index in [0.717, 1.165) is 31.8 Å². The minimum Gasteiger partial charge on any atom is -0.497 e. The summed E-state index contributed by atoms with van der Waals surface area (Å²) in [6, 6.07) is 6.30. The van der Waals surface area contributed by atoms with Gasteiger partial charge in [0.25, 0.3) is 0 Å². The molecular formula is C16H20N2O. The molecule has 0 saturated heterocycles. The van der Waals surface area contributed by atoms with Crippen LogP contribution in [0.15, 0.2) is 36.5 Å². The summed E-state index contributed by atoms with van der Waals surface area (Å²) in [6.45, 7) is 3.30. The maximum atomic E-state index is 5.33. The molecule has 19 heavy (non-hydrogen) atoms. The van der Waals surface area contributed by atoms with Gasteiger partial charge >= 0.3 is 0 Å². The Bertz CT molecular complexity index is 604. The molecule has 0 saturated carbocycles. The first-order valence-electron chi connectivity index (χ1n) is 6.77. The fourth-order valence-corrected chi connectivity index (χ4v) is 2.76. The van der Waals surface area contributed by atoms with Gasteiger partial charge in [-0.3, -0.25) is 4.90 Å². The summed E-state index contributed by atoms with van der Waals surface area (Å²) >= 11 is 0. The Hall–Kier alpha value is -1.74. The van der Waals surface area contributed by atoms with Crippen LogP contribution in [0.1, 0.15) is 5.56 Å². The number of aromatic nitrogens is 1. The molecule has 3 heteroatoms. The molecule has 100 valence electrons. The van der Waals surface area contributed by atoms with Crippen molar-refractivity contribution >= 4 is 10.9 Å². The third-order valence-corrected chi connectivity index (χ3v) is 3.87. The van der Waals surface area contributed by atoms with Crippen LogP contribution >= 0.6 is 0 Å². The van der Waals surface area contributed by atoms with Crippen molar-refractivity contribution in [3.8, 4) is 5.75 Å². The molecule has 3 nitrogen and oxygen atoms in total. The number of nitrogens with zero attached hydrogens (tertiary/aromatic N) is 2. The topological polar surface area (TPSA) is 17.4 Å². The van der Waals surface area contributed by atoms with E-state index >= 15 is 0 Å². The van der Waals surface area contributed by atoms with Gasteiger partial charge in [0.2, 0.25) is 0 Å². The van der Waals surface area contributed by atoms with E-state index < -0.39 is 0 Å². The van der Waals surface area contributed by atoms with Gasteiger partial charge in [-0.25, -0.2) is 0 Å². The number of ether oxygens (including phenoxy) is 1. The zero-order chi connectivity index (χ0) is 13.2. The molecule has 0 fully saturated rings. The highest BCUT2D eigenvalue weighted by molar-refractivity contribution is 5.85. The summed E-state index contributed by atoms with van der Waals surface area (Å²) < 4.78 is 7.54. The summed E-state index contributed by atoms with van der Waals surface area (Å²) in [5, 5.41) is 1.31. The normalized spacial score (nSPS) is 15.5. The smallest absolute Gasteiger partial charge is 0.119 e. The van der Waals surface area contributed by atoms with Gasteiger partial charge in [0.15, 0.2) is 0 Å². The standard InChI is InChI=1S/C16H20N2O/c1-17-12-13(7-10-18-8-3-4-9-18)15-11-14(19-2)5-6-16(15)17/h3-6,11-12H,7-10H2,1-2H3. The van der Waals surface area contributed by atoms with Crippen LogP contribution in [-0.2, 0) is 13.5 Å². The van der Waals surface area contributed by atoms with Gasteiger partial charge in [-0.1, -0.05) is 12.2 Å². The Labute approximate surface area is 114 Å². The predicted molar refractivity (Wildman–Crippen MR) is 78.8 cm³/mol. The molecular weight excluding hydrogens is 236 g/mol. The summed E-state index contributed by atoms with van der Waals surface area (Å²) in [5.41, 5.74) is 2.68. The molecule has 0 N–H and O–H groups in total. The van der Waals surface area contributed by atoms with Crippen molar-refractivity contribution in [1.82, 2.24) is 9.47 Å². The SMILES string of the molecule is COc1ccc2c(c1)c(CCN1CC=CC1)cn2C. The highest BCUT2D eigenvalue weighted by Gasteiger charge is 2.11. The number of fused-ring (bicyclic) bond motifs is 1. The molecule has 2 heterocycles. The predicted octanol–water partition coefficient (Wildman–Crippen LogP) is 2.60. The molecule has 2 aromatic rings. The van der Waals surface area contributed by atoms with Gasteiger partial charge in [0.05, 0.1) is 7.11 Å². The van der Waals surface area contributed by atoms with Crippen molar-refractivity contribution in [1.29, 1.82) is 0 Å². The van der Waals surface area contributed by atoms with Crippen molar-refractivity contribution in [2.45, 2.75) is 6.42 Å². The number of hydrogen-bond acceptors (Lipinski definition) is 2. The van der Waals surface area contributed by atoms with E-state index in [2.05, 4.69) is 47.0 Å². The monoisotopic (exact) mass is 256 g/mol. The third-order valence-electron chi connectivity index (χ3n) is 3.87. The maximum Gasteiger partial charge on any atom is 0.119 e. The second kappa shape index (κ2) is 5.10. The molecule has 0 aliphatic carbocycles. The average molecular weight is 256 g/mol. The van der Waals surface area contributed by atoms with E-state index in [-0.39, 0.29) is 0 Å². The maximum absolute atomic E-state index is 5.33. The van der Waals surface area contributed by atoms with E-state index in [1.807, 2.05) is 6.07 Å². The third kappa shape index (κ3) is 2.38. The summed E-state index contributed by atoms with van der Waals surface area (Å²) in [7, 11) is 3.83. The Balaban J connectivity index is 1.85. The molecule has 1 aromatic heterocycles. The van der Waals surface area contributed by atoms with Gasteiger partial charge in [0.1, 0.15) is 5.75 Å². The Morgan fingerprint density at radius 3 is 2.74 bits per heavy atom. The van der Waals surface area contributed by atoms with Crippen LogP contribution in [0, 0.1) is 0 Å². The number of rotatable bonds is 4. The molecule has 0 radical (unpaired) electrons. The van der Waals surface area contributed by atoms with Crippen LogP contribution in [0.4, 0.5) is 0 Å². The van der Waals surface area contributed by atoms with Crippen molar-refractivity contribution in [2.75, 3.05) is 26.7 Å². The van der Waals surface area contributed by atoms with Gasteiger partial charge in [-0.2, -0.15) is 0 Å². The van der Waals surface area contributed by atoms with E-state index in [0.29, 0.717) is 0 Å². The quantitative estimate of drug-likeness (QED) is 0.782. The number of benzene rings is 1. The molecule has 0 spiro atoms. The van der Waals surface area contributed by atoms with Gasteiger partial charge in [-0.05, 0) is 30.2 Å². The van der Waals surface area contributed by atoms with Crippen LogP contribution in [0.2, 0.25) is 0 Å². The first-order chi connectivity index (χ1) is 9.28. The van der Waals surface area contributed by atoms with E-state index in [4.69, 9.17) is 4.74 Å². The second-order valence-electron chi connectivity index (χ2n) is 5.13. The molecule has 1 aliphatic rings. The average Bonchev–Trinajstić information content (AvgIpc) is 3.05. The Kier molecular flexibility index (Phi) is 3.30. The van der Waals surface area contributed by atoms with Gasteiger partial charge < -0.3 is 9.30 Å². The molecule has 3 rings (SSSR count). The van der Waals surface area contributed by atoms with Gasteiger partial charge in [-0.15, -0.1) is 0 Å². The van der Waals surface area contributed by atoms with Crippen LogP contribution in [0.3, 0.4) is 0 Å². The van der Waals surface area contributed by atoms with Crippen molar-refractivity contribution in [3.63, 3.8) is 0 Å². The number of methoxy groups -OCH3 is 1. The number of aryl methyl sites for hydroxylation is 1.